The van der Waals surface area contributed by atoms with Crippen molar-refractivity contribution in [2.75, 3.05) is 11.9 Å². The molecule has 0 radical (unpaired) electrons. The predicted octanol–water partition coefficient (Wildman–Crippen LogP) is 0.692. The molecule has 1 heterocycles. The van der Waals surface area contributed by atoms with E-state index in [0.29, 0.717) is 18.8 Å². The summed E-state index contributed by atoms with van der Waals surface area (Å²) in [5.74, 6) is 0.208. The van der Waals surface area contributed by atoms with Crippen molar-refractivity contribution < 1.29 is 9.32 Å². The van der Waals surface area contributed by atoms with Crippen LogP contribution in [0, 0.1) is 6.92 Å². The zero-order valence-corrected chi connectivity index (χ0v) is 8.06. The first-order chi connectivity index (χ1) is 5.72. The maximum atomic E-state index is 10.9. The van der Waals surface area contributed by atoms with Crippen molar-refractivity contribution in [1.29, 1.82) is 0 Å². The fourth-order valence-corrected chi connectivity index (χ4v) is 0.754. The van der Waals surface area contributed by atoms with Gasteiger partial charge >= 0.3 is 0 Å². The largest absolute Gasteiger partial charge is 0.338 e. The van der Waals surface area contributed by atoms with Crippen LogP contribution in [0.1, 0.15) is 12.1 Å². The Balaban J connectivity index is 0.00000144. The minimum atomic E-state index is -0.159. The summed E-state index contributed by atoms with van der Waals surface area (Å²) >= 11 is 0. The van der Waals surface area contributed by atoms with Crippen molar-refractivity contribution in [2.24, 2.45) is 5.73 Å². The Kier molecular flexibility index (Phi) is 5.10. The molecule has 1 rings (SSSR count). The second-order valence-corrected chi connectivity index (χ2v) is 2.42. The highest BCUT2D eigenvalue weighted by Crippen LogP contribution is 2.07. The van der Waals surface area contributed by atoms with E-state index in [9.17, 15) is 4.79 Å². The molecule has 0 aliphatic rings. The Labute approximate surface area is 82.1 Å². The van der Waals surface area contributed by atoms with E-state index >= 15 is 0 Å². The van der Waals surface area contributed by atoms with Gasteiger partial charge in [0, 0.05) is 19.0 Å². The van der Waals surface area contributed by atoms with Gasteiger partial charge in [0.15, 0.2) is 0 Å². The van der Waals surface area contributed by atoms with E-state index in [4.69, 9.17) is 10.3 Å². The molecule has 0 aliphatic carbocycles. The average molecular weight is 206 g/mol. The Morgan fingerprint density at radius 2 is 2.46 bits per heavy atom. The molecule has 3 N–H and O–H groups in total. The zero-order chi connectivity index (χ0) is 8.97. The predicted molar refractivity (Wildman–Crippen MR) is 50.8 cm³/mol. The number of amides is 1. The molecule has 0 aliphatic heterocycles. The number of nitrogens with zero attached hydrogens (tertiary/aromatic N) is 1. The van der Waals surface area contributed by atoms with Crippen LogP contribution in [0.4, 0.5) is 5.88 Å². The van der Waals surface area contributed by atoms with Crippen molar-refractivity contribution in [3.05, 3.63) is 11.8 Å². The number of carbonyl (C=O) groups excluding carboxylic acids is 1. The van der Waals surface area contributed by atoms with Crippen LogP contribution in [-0.4, -0.2) is 17.6 Å². The summed E-state index contributed by atoms with van der Waals surface area (Å²) in [7, 11) is 0. The number of nitrogens with one attached hydrogen (secondary N) is 1. The lowest BCUT2D eigenvalue weighted by atomic mass is 10.4. The number of anilines is 1. The molecule has 74 valence electrons. The quantitative estimate of drug-likeness (QED) is 0.761. The highest BCUT2D eigenvalue weighted by atomic mass is 35.5. The molecule has 6 heteroatoms. The summed E-state index contributed by atoms with van der Waals surface area (Å²) in [6.07, 6.45) is 0.291. The van der Waals surface area contributed by atoms with Gasteiger partial charge < -0.3 is 10.3 Å². The molecule has 1 amide bonds. The molecule has 0 spiro atoms. The molecule has 0 saturated carbocycles. The minimum absolute atomic E-state index is 0. The molecular weight excluding hydrogens is 194 g/mol. The van der Waals surface area contributed by atoms with E-state index in [1.165, 1.54) is 0 Å². The summed E-state index contributed by atoms with van der Waals surface area (Å²) in [6, 6.07) is 1.65. The third kappa shape index (κ3) is 3.91. The first kappa shape index (κ1) is 11.9. The number of hydrogen-bond acceptors (Lipinski definition) is 4. The summed E-state index contributed by atoms with van der Waals surface area (Å²) in [4.78, 5) is 10.9. The van der Waals surface area contributed by atoms with Crippen LogP contribution in [0.5, 0.6) is 0 Å². The van der Waals surface area contributed by atoms with Gasteiger partial charge in [-0.2, -0.15) is 0 Å². The molecule has 0 unspecified atom stereocenters. The van der Waals surface area contributed by atoms with Gasteiger partial charge in [-0.1, -0.05) is 5.16 Å². The monoisotopic (exact) mass is 205 g/mol. The number of carbonyl (C=O) groups is 1. The van der Waals surface area contributed by atoms with Crippen molar-refractivity contribution >= 4 is 24.2 Å². The summed E-state index contributed by atoms with van der Waals surface area (Å²) in [6.45, 7) is 2.11. The average Bonchev–Trinajstić information content (AvgIpc) is 2.36. The Hall–Kier alpha value is -1.07. The van der Waals surface area contributed by atoms with Crippen molar-refractivity contribution in [3.8, 4) is 0 Å². The SMILES string of the molecule is Cc1cc(NC(=O)CCN)on1.Cl. The van der Waals surface area contributed by atoms with Crippen LogP contribution in [0.2, 0.25) is 0 Å². The first-order valence-electron chi connectivity index (χ1n) is 3.65. The Morgan fingerprint density at radius 3 is 2.92 bits per heavy atom. The molecule has 5 nitrogen and oxygen atoms in total. The third-order valence-corrected chi connectivity index (χ3v) is 1.26. The van der Waals surface area contributed by atoms with E-state index in [2.05, 4.69) is 10.5 Å². The molecule has 0 aromatic carbocycles. The number of hydrogen-bond donors (Lipinski definition) is 2. The van der Waals surface area contributed by atoms with Crippen LogP contribution in [-0.2, 0) is 4.79 Å². The highest BCUT2D eigenvalue weighted by molar-refractivity contribution is 5.89. The van der Waals surface area contributed by atoms with Crippen molar-refractivity contribution in [2.45, 2.75) is 13.3 Å². The molecular formula is C7H12ClN3O2. The lowest BCUT2D eigenvalue weighted by Gasteiger charge is -1.96. The van der Waals surface area contributed by atoms with Gasteiger partial charge in [-0.3, -0.25) is 10.1 Å². The van der Waals surface area contributed by atoms with Crippen LogP contribution >= 0.6 is 12.4 Å². The van der Waals surface area contributed by atoms with Gasteiger partial charge in [0.2, 0.25) is 11.8 Å². The van der Waals surface area contributed by atoms with Gasteiger partial charge in [0.1, 0.15) is 0 Å². The molecule has 13 heavy (non-hydrogen) atoms. The number of nitrogens with two attached hydrogens (primary N) is 1. The summed E-state index contributed by atoms with van der Waals surface area (Å²) in [5, 5.41) is 6.12. The molecule has 0 bridgehead atoms. The fourth-order valence-electron chi connectivity index (χ4n) is 0.754. The van der Waals surface area contributed by atoms with Crippen LogP contribution in [0.25, 0.3) is 0 Å². The van der Waals surface area contributed by atoms with Gasteiger partial charge in [-0.25, -0.2) is 0 Å². The van der Waals surface area contributed by atoms with E-state index in [1.54, 1.807) is 13.0 Å². The lowest BCUT2D eigenvalue weighted by molar-refractivity contribution is -0.116. The molecule has 0 fully saturated rings. The van der Waals surface area contributed by atoms with E-state index in [0.717, 1.165) is 5.69 Å². The van der Waals surface area contributed by atoms with E-state index in [1.807, 2.05) is 0 Å². The lowest BCUT2D eigenvalue weighted by Crippen LogP contribution is -2.15. The zero-order valence-electron chi connectivity index (χ0n) is 7.24. The third-order valence-electron chi connectivity index (χ3n) is 1.26. The van der Waals surface area contributed by atoms with Crippen LogP contribution < -0.4 is 11.1 Å². The topological polar surface area (TPSA) is 81.2 Å². The first-order valence-corrected chi connectivity index (χ1v) is 3.65. The van der Waals surface area contributed by atoms with Crippen LogP contribution in [0.15, 0.2) is 10.6 Å². The molecule has 0 saturated heterocycles. The highest BCUT2D eigenvalue weighted by Gasteiger charge is 2.04. The van der Waals surface area contributed by atoms with Gasteiger partial charge in [-0.05, 0) is 6.92 Å². The summed E-state index contributed by atoms with van der Waals surface area (Å²) < 4.78 is 4.76. The maximum absolute atomic E-state index is 10.9. The number of rotatable bonds is 3. The standard InChI is InChI=1S/C7H11N3O2.ClH/c1-5-4-7(12-10-5)9-6(11)2-3-8;/h4H,2-3,8H2,1H3,(H,9,11);1H. The minimum Gasteiger partial charge on any atom is -0.338 e. The van der Waals surface area contributed by atoms with Crippen molar-refractivity contribution in [3.63, 3.8) is 0 Å². The van der Waals surface area contributed by atoms with Crippen LogP contribution in [0.3, 0.4) is 0 Å². The number of halogens is 1. The fraction of sp³-hybridized carbons (Fsp3) is 0.429. The molecule has 0 atom stereocenters. The summed E-state index contributed by atoms with van der Waals surface area (Å²) in [5.41, 5.74) is 5.92. The van der Waals surface area contributed by atoms with E-state index < -0.39 is 0 Å². The van der Waals surface area contributed by atoms with Gasteiger partial charge in [-0.15, -0.1) is 12.4 Å². The molecule has 1 aromatic heterocycles. The smallest absolute Gasteiger partial charge is 0.231 e. The number of aromatic nitrogens is 1. The van der Waals surface area contributed by atoms with Gasteiger partial charge in [0.05, 0.1) is 5.69 Å². The second-order valence-electron chi connectivity index (χ2n) is 2.42. The van der Waals surface area contributed by atoms with E-state index in [-0.39, 0.29) is 18.3 Å². The van der Waals surface area contributed by atoms with Gasteiger partial charge in [0.25, 0.3) is 0 Å². The Bertz CT molecular complexity index is 274. The Morgan fingerprint density at radius 1 is 1.77 bits per heavy atom. The normalized spacial score (nSPS) is 9.08. The number of aryl methyl sites for hydroxylation is 1. The maximum Gasteiger partial charge on any atom is 0.231 e. The molecule has 1 aromatic rings. The van der Waals surface area contributed by atoms with Crippen molar-refractivity contribution in [1.82, 2.24) is 5.16 Å². The second kappa shape index (κ2) is 5.55.